The van der Waals surface area contributed by atoms with Crippen LogP contribution in [0.3, 0.4) is 0 Å². The molecule has 41 heavy (non-hydrogen) atoms. The zero-order chi connectivity index (χ0) is 30.6. The summed E-state index contributed by atoms with van der Waals surface area (Å²) in [7, 11) is 3.16. The molecule has 2 N–H and O–H groups in total. The molecule has 1 saturated heterocycles. The van der Waals surface area contributed by atoms with Crippen LogP contribution in [0.2, 0.25) is 0 Å². The number of nitrogens with one attached hydrogen (secondary N) is 1. The molecule has 1 atom stereocenters. The van der Waals surface area contributed by atoms with Crippen LogP contribution in [0.4, 0.5) is 10.1 Å². The van der Waals surface area contributed by atoms with Gasteiger partial charge in [0.1, 0.15) is 12.1 Å². The fourth-order valence-corrected chi connectivity index (χ4v) is 4.06. The Kier molecular flexibility index (Phi) is 17.8. The van der Waals surface area contributed by atoms with Gasteiger partial charge in [-0.25, -0.2) is 4.39 Å². The maximum absolute atomic E-state index is 14.9. The summed E-state index contributed by atoms with van der Waals surface area (Å²) < 4.78 is 25.4. The summed E-state index contributed by atoms with van der Waals surface area (Å²) in [5.41, 5.74) is 0.288. The van der Waals surface area contributed by atoms with Gasteiger partial charge in [0, 0.05) is 71.3 Å². The molecule has 1 fully saturated rings. The Morgan fingerprint density at radius 1 is 1.10 bits per heavy atom. The van der Waals surface area contributed by atoms with E-state index in [2.05, 4.69) is 5.32 Å². The predicted octanol–water partition coefficient (Wildman–Crippen LogP) is 0.894. The molecule has 1 unspecified atom stereocenters. The average Bonchev–Trinajstić information content (AvgIpc) is 3.00. The number of aldehydes is 2. The summed E-state index contributed by atoms with van der Waals surface area (Å²) in [5, 5.41) is 10.9. The number of halogens is 1. The van der Waals surface area contributed by atoms with Crippen LogP contribution in [0, 0.1) is 5.82 Å². The van der Waals surface area contributed by atoms with E-state index in [1.165, 1.54) is 11.0 Å². The maximum Gasteiger partial charge on any atom is 0.254 e. The quantitative estimate of drug-likeness (QED) is 0.202. The van der Waals surface area contributed by atoms with E-state index in [9.17, 15) is 23.6 Å². The molecule has 2 rings (SSSR count). The van der Waals surface area contributed by atoms with Crippen molar-refractivity contribution in [1.29, 1.82) is 0 Å². The third-order valence-corrected chi connectivity index (χ3v) is 6.54. The van der Waals surface area contributed by atoms with Crippen molar-refractivity contribution in [2.24, 2.45) is 0 Å². The van der Waals surface area contributed by atoms with Crippen LogP contribution >= 0.6 is 0 Å². The summed E-state index contributed by atoms with van der Waals surface area (Å²) in [6, 6.07) is 2.25. The number of anilines is 1. The number of rotatable bonds is 17. The van der Waals surface area contributed by atoms with Gasteiger partial charge >= 0.3 is 0 Å². The van der Waals surface area contributed by atoms with Crippen LogP contribution in [0.25, 0.3) is 0 Å². The van der Waals surface area contributed by atoms with Crippen molar-refractivity contribution in [2.75, 3.05) is 78.2 Å². The first kappa shape index (κ1) is 35.6. The molecule has 0 aromatic heterocycles. The molecule has 0 bridgehead atoms. The predicted molar refractivity (Wildman–Crippen MR) is 151 cm³/mol. The molecule has 0 radical (unpaired) electrons. The van der Waals surface area contributed by atoms with Gasteiger partial charge in [0.15, 0.2) is 6.29 Å². The first-order chi connectivity index (χ1) is 19.7. The van der Waals surface area contributed by atoms with Crippen molar-refractivity contribution >= 4 is 36.5 Å². The number of benzene rings is 1. The summed E-state index contributed by atoms with van der Waals surface area (Å²) in [4.78, 5) is 61.9. The summed E-state index contributed by atoms with van der Waals surface area (Å²) in [6.07, 6.45) is 3.59. The molecule has 13 heteroatoms. The van der Waals surface area contributed by atoms with Crippen molar-refractivity contribution in [3.8, 4) is 0 Å². The topological polar surface area (TPSA) is 146 Å². The molecule has 0 saturated carbocycles. The smallest absolute Gasteiger partial charge is 0.254 e. The lowest BCUT2D eigenvalue weighted by atomic mass is 10.0. The van der Waals surface area contributed by atoms with Gasteiger partial charge in [-0.15, -0.1) is 0 Å². The van der Waals surface area contributed by atoms with Crippen LogP contribution in [0.1, 0.15) is 53.3 Å². The van der Waals surface area contributed by atoms with Crippen LogP contribution in [0.5, 0.6) is 0 Å². The molecule has 12 nitrogen and oxygen atoms in total. The molecular weight excluding hydrogens is 539 g/mol. The average molecular weight is 583 g/mol. The SMILES string of the molecule is CC(CCC=O)N(C)C(=O)c1cc(N2CCN(C(=O)CCCOCCOCCO)CC2)c(F)cc1C=O.CNC=O. The largest absolute Gasteiger partial charge is 0.394 e. The fraction of sp³-hybridized carbons (Fsp3) is 0.607. The second kappa shape index (κ2) is 20.5. The second-order valence-electron chi connectivity index (χ2n) is 9.34. The number of piperazine rings is 1. The van der Waals surface area contributed by atoms with E-state index in [1.54, 1.807) is 23.9 Å². The number of carbonyl (C=O) groups excluding carboxylic acids is 5. The molecule has 230 valence electrons. The fourth-order valence-electron chi connectivity index (χ4n) is 4.06. The third-order valence-electron chi connectivity index (χ3n) is 6.54. The number of carbonyl (C=O) groups is 5. The van der Waals surface area contributed by atoms with Crippen LogP contribution in [-0.2, 0) is 23.9 Å². The summed E-state index contributed by atoms with van der Waals surface area (Å²) in [6.45, 7) is 4.88. The Hall–Kier alpha value is -3.42. The van der Waals surface area contributed by atoms with Crippen molar-refractivity contribution < 1.29 is 42.9 Å². The molecule has 1 aromatic rings. The third kappa shape index (κ3) is 12.3. The van der Waals surface area contributed by atoms with E-state index in [4.69, 9.17) is 19.4 Å². The molecule has 1 aliphatic heterocycles. The first-order valence-electron chi connectivity index (χ1n) is 13.6. The Labute approximate surface area is 240 Å². The Balaban J connectivity index is 0.00000196. The first-order valence-corrected chi connectivity index (χ1v) is 13.6. The molecule has 1 aromatic carbocycles. The Bertz CT molecular complexity index is 973. The molecule has 0 aliphatic carbocycles. The van der Waals surface area contributed by atoms with Gasteiger partial charge < -0.3 is 39.4 Å². The van der Waals surface area contributed by atoms with Crippen LogP contribution < -0.4 is 10.2 Å². The highest BCUT2D eigenvalue weighted by molar-refractivity contribution is 6.02. The van der Waals surface area contributed by atoms with Crippen molar-refractivity contribution in [2.45, 2.75) is 38.6 Å². The lowest BCUT2D eigenvalue weighted by Gasteiger charge is -2.36. The van der Waals surface area contributed by atoms with Gasteiger partial charge in [-0.2, -0.15) is 0 Å². The lowest BCUT2D eigenvalue weighted by molar-refractivity contribution is -0.131. The van der Waals surface area contributed by atoms with Gasteiger partial charge in [-0.05, 0) is 31.9 Å². The number of hydrogen-bond acceptors (Lipinski definition) is 9. The van der Waals surface area contributed by atoms with Crippen molar-refractivity contribution in [3.63, 3.8) is 0 Å². The van der Waals surface area contributed by atoms with E-state index < -0.39 is 11.7 Å². The Morgan fingerprint density at radius 2 is 1.73 bits per heavy atom. The van der Waals surface area contributed by atoms with Gasteiger partial charge in [0.2, 0.25) is 12.3 Å². The van der Waals surface area contributed by atoms with Gasteiger partial charge in [-0.1, -0.05) is 0 Å². The minimum absolute atomic E-state index is 0.00152. The lowest BCUT2D eigenvalue weighted by Crippen LogP contribution is -2.49. The van der Waals surface area contributed by atoms with Gasteiger partial charge in [0.05, 0.1) is 37.7 Å². The Morgan fingerprint density at radius 3 is 2.29 bits per heavy atom. The van der Waals surface area contributed by atoms with Crippen molar-refractivity contribution in [1.82, 2.24) is 15.1 Å². The molecular formula is C28H43FN4O8. The zero-order valence-corrected chi connectivity index (χ0v) is 24.2. The van der Waals surface area contributed by atoms with Crippen molar-refractivity contribution in [3.05, 3.63) is 29.1 Å². The van der Waals surface area contributed by atoms with E-state index in [0.717, 1.165) is 12.4 Å². The minimum atomic E-state index is -0.602. The number of aliphatic hydroxyl groups excluding tert-OH is 1. The number of ether oxygens (including phenoxy) is 2. The summed E-state index contributed by atoms with van der Waals surface area (Å²) in [5.74, 6) is -1.02. The molecule has 3 amide bonds. The molecule has 0 spiro atoms. The van der Waals surface area contributed by atoms with E-state index in [0.29, 0.717) is 84.4 Å². The summed E-state index contributed by atoms with van der Waals surface area (Å²) >= 11 is 0. The van der Waals surface area contributed by atoms with E-state index in [1.807, 2.05) is 6.92 Å². The minimum Gasteiger partial charge on any atom is -0.394 e. The number of aliphatic hydroxyl groups is 1. The molecule has 1 heterocycles. The number of nitrogens with zero attached hydrogens (tertiary/aromatic N) is 3. The number of amides is 3. The van der Waals surface area contributed by atoms with Crippen LogP contribution in [0.15, 0.2) is 12.1 Å². The highest BCUT2D eigenvalue weighted by Gasteiger charge is 2.26. The van der Waals surface area contributed by atoms with E-state index in [-0.39, 0.29) is 42.0 Å². The maximum atomic E-state index is 14.9. The van der Waals surface area contributed by atoms with Crippen LogP contribution in [-0.4, -0.2) is 125 Å². The monoisotopic (exact) mass is 582 g/mol. The second-order valence-corrected chi connectivity index (χ2v) is 9.34. The standard InChI is InChI=1S/C26H38FN3O7.C2H5NO/c1-20(5-3-11-31)28(2)26(35)22-18-24(23(27)17-21(22)19-33)29-7-9-30(10-8-29)25(34)6-4-13-36-15-16-37-14-12-32;1-3-2-4/h11,17-20,32H,3-10,12-16H2,1-2H3;2H,1H3,(H,3,4). The van der Waals surface area contributed by atoms with E-state index >= 15 is 0 Å². The highest BCUT2D eigenvalue weighted by atomic mass is 19.1. The highest BCUT2D eigenvalue weighted by Crippen LogP contribution is 2.26. The normalized spacial score (nSPS) is 13.5. The molecule has 1 aliphatic rings. The zero-order valence-electron chi connectivity index (χ0n) is 24.2. The van der Waals surface area contributed by atoms with Gasteiger partial charge in [0.25, 0.3) is 5.91 Å². The number of hydrogen-bond donors (Lipinski definition) is 2. The van der Waals surface area contributed by atoms with Gasteiger partial charge in [-0.3, -0.25) is 19.2 Å².